The fraction of sp³-hybridized carbons (Fsp3) is 0.111. The van der Waals surface area contributed by atoms with Crippen LogP contribution in [-0.4, -0.2) is 18.0 Å². The third-order valence-corrected chi connectivity index (χ3v) is 11.1. The van der Waals surface area contributed by atoms with Crippen molar-refractivity contribution in [3.05, 3.63) is 175 Å². The fourth-order valence-corrected chi connectivity index (χ4v) is 7.13. The van der Waals surface area contributed by atoms with Crippen molar-refractivity contribution in [1.82, 2.24) is 9.97 Å². The Morgan fingerprint density at radius 2 is 1.43 bits per heavy atom. The maximum Gasteiger partial charge on any atom is 0.123 e. The molecule has 6 heteroatoms. The van der Waals surface area contributed by atoms with Gasteiger partial charge >= 0.3 is 0 Å². The third-order valence-electron chi connectivity index (χ3n) is 9.06. The molecular formula is C45H37FIrN2OSi-2. The standard InChI is InChI=1S/C31H21FNO.C14H16NSi.Ir/c1-20(21-6-3-2-4-7-21)23-16-17-33-29(18-23)28-9-5-8-27-26-15-12-24(19-30(26)34-31(27)28)22-10-13-25(32)14-11-22;1-16(2,3)13-9-10-14(15-11-13)12-7-5-4-6-8-12;/h2-8,10-20H,1H3;4-7,9-11H,1-3H3;/q2*-1;. The summed E-state index contributed by atoms with van der Waals surface area (Å²) in [6.45, 7) is 9.20. The summed E-state index contributed by atoms with van der Waals surface area (Å²) in [4.78, 5) is 9.17. The normalized spacial score (nSPS) is 11.8. The van der Waals surface area contributed by atoms with Crippen molar-refractivity contribution in [2.24, 2.45) is 0 Å². The van der Waals surface area contributed by atoms with Crippen LogP contribution in [0.25, 0.3) is 55.6 Å². The van der Waals surface area contributed by atoms with Crippen LogP contribution in [0.5, 0.6) is 0 Å². The van der Waals surface area contributed by atoms with Crippen LogP contribution in [0.2, 0.25) is 19.6 Å². The zero-order valence-electron chi connectivity index (χ0n) is 28.9. The van der Waals surface area contributed by atoms with Gasteiger partial charge in [-0.15, -0.1) is 54.1 Å². The van der Waals surface area contributed by atoms with Crippen LogP contribution in [0.15, 0.2) is 150 Å². The van der Waals surface area contributed by atoms with E-state index >= 15 is 0 Å². The van der Waals surface area contributed by atoms with Crippen molar-refractivity contribution in [3.8, 4) is 33.6 Å². The Morgan fingerprint density at radius 3 is 2.14 bits per heavy atom. The van der Waals surface area contributed by atoms with Crippen LogP contribution in [0.3, 0.4) is 0 Å². The maximum atomic E-state index is 13.3. The summed E-state index contributed by atoms with van der Waals surface area (Å²) in [5, 5.41) is 3.45. The van der Waals surface area contributed by atoms with Crippen LogP contribution < -0.4 is 5.19 Å². The number of pyridine rings is 2. The van der Waals surface area contributed by atoms with E-state index in [1.54, 1.807) is 12.1 Å². The molecule has 0 saturated heterocycles. The molecule has 0 aliphatic carbocycles. The van der Waals surface area contributed by atoms with Crippen molar-refractivity contribution < 1.29 is 28.9 Å². The first-order chi connectivity index (χ1) is 24.2. The van der Waals surface area contributed by atoms with E-state index in [1.165, 1.54) is 28.4 Å². The van der Waals surface area contributed by atoms with E-state index in [-0.39, 0.29) is 31.8 Å². The quantitative estimate of drug-likeness (QED) is 0.123. The van der Waals surface area contributed by atoms with Gasteiger partial charge in [0.2, 0.25) is 0 Å². The molecule has 0 bridgehead atoms. The molecule has 255 valence electrons. The molecule has 0 aliphatic heterocycles. The number of hydrogen-bond acceptors (Lipinski definition) is 3. The van der Waals surface area contributed by atoms with E-state index in [0.717, 1.165) is 55.6 Å². The van der Waals surface area contributed by atoms with Gasteiger partial charge in [-0.1, -0.05) is 110 Å². The number of nitrogens with zero attached hydrogens (tertiary/aromatic N) is 2. The van der Waals surface area contributed by atoms with Crippen LogP contribution in [0.1, 0.15) is 24.0 Å². The van der Waals surface area contributed by atoms with Crippen LogP contribution in [-0.2, 0) is 20.1 Å². The number of aromatic nitrogens is 2. The molecule has 0 saturated carbocycles. The predicted octanol–water partition coefficient (Wildman–Crippen LogP) is 11.5. The van der Waals surface area contributed by atoms with Gasteiger partial charge in [0, 0.05) is 43.8 Å². The Balaban J connectivity index is 0.000000222. The minimum Gasteiger partial charge on any atom is -0.501 e. The molecule has 0 amide bonds. The number of hydrogen-bond donors (Lipinski definition) is 0. The largest absolute Gasteiger partial charge is 0.501 e. The molecule has 0 aliphatic rings. The Morgan fingerprint density at radius 1 is 0.667 bits per heavy atom. The number of furan rings is 1. The van der Waals surface area contributed by atoms with Gasteiger partial charge in [-0.25, -0.2) is 4.39 Å². The average Bonchev–Trinajstić information content (AvgIpc) is 3.54. The molecular weight excluding hydrogens is 824 g/mol. The minimum absolute atomic E-state index is 0. The van der Waals surface area contributed by atoms with Gasteiger partial charge in [-0.05, 0) is 63.1 Å². The van der Waals surface area contributed by atoms with Gasteiger partial charge in [-0.3, -0.25) is 0 Å². The third kappa shape index (κ3) is 8.00. The van der Waals surface area contributed by atoms with Gasteiger partial charge in [0.05, 0.1) is 13.7 Å². The summed E-state index contributed by atoms with van der Waals surface area (Å²) in [5.41, 5.74) is 9.68. The number of benzene rings is 5. The molecule has 3 nitrogen and oxygen atoms in total. The van der Waals surface area contributed by atoms with Crippen molar-refractivity contribution >= 4 is 35.2 Å². The van der Waals surface area contributed by atoms with E-state index in [9.17, 15) is 4.39 Å². The molecule has 0 spiro atoms. The average molecular weight is 861 g/mol. The molecule has 1 radical (unpaired) electrons. The van der Waals surface area contributed by atoms with Crippen molar-refractivity contribution in [2.45, 2.75) is 32.5 Å². The number of rotatable bonds is 6. The van der Waals surface area contributed by atoms with Crippen LogP contribution >= 0.6 is 0 Å². The second-order valence-electron chi connectivity index (χ2n) is 13.5. The molecule has 1 atom stereocenters. The smallest absolute Gasteiger partial charge is 0.123 e. The van der Waals surface area contributed by atoms with Gasteiger partial charge in [0.1, 0.15) is 11.4 Å². The number of halogens is 1. The van der Waals surface area contributed by atoms with Crippen molar-refractivity contribution in [3.63, 3.8) is 0 Å². The number of fused-ring (bicyclic) bond motifs is 3. The van der Waals surface area contributed by atoms with E-state index in [1.807, 2.05) is 67.0 Å². The molecule has 0 fully saturated rings. The molecule has 8 aromatic rings. The molecule has 51 heavy (non-hydrogen) atoms. The second-order valence-corrected chi connectivity index (χ2v) is 18.6. The SMILES string of the molecule is CC(c1ccccc1)c1ccnc(-c2[c-]ccc3c2oc2cc(-c4ccc(F)cc4)ccc23)c1.C[Si](C)(C)c1ccc(-c2[c-]cccc2)nc1.[Ir]. The monoisotopic (exact) mass is 861 g/mol. The molecule has 8 rings (SSSR count). The Labute approximate surface area is 313 Å². The van der Waals surface area contributed by atoms with Crippen LogP contribution in [0, 0.1) is 17.9 Å². The first kappa shape index (κ1) is 35.8. The molecule has 1 unspecified atom stereocenters. The van der Waals surface area contributed by atoms with Crippen molar-refractivity contribution in [1.29, 1.82) is 0 Å². The second kappa shape index (κ2) is 15.5. The van der Waals surface area contributed by atoms with Gasteiger partial charge < -0.3 is 14.4 Å². The minimum atomic E-state index is -1.23. The zero-order chi connectivity index (χ0) is 34.7. The van der Waals surface area contributed by atoms with Gasteiger partial charge in [0.25, 0.3) is 0 Å². The van der Waals surface area contributed by atoms with Crippen molar-refractivity contribution in [2.75, 3.05) is 0 Å². The Bertz CT molecular complexity index is 2370. The molecule has 3 heterocycles. The van der Waals surface area contributed by atoms with Gasteiger partial charge in [0.15, 0.2) is 0 Å². The Kier molecular flexibility index (Phi) is 10.9. The van der Waals surface area contributed by atoms with E-state index in [2.05, 4.69) is 103 Å². The van der Waals surface area contributed by atoms with E-state index < -0.39 is 8.07 Å². The molecule has 0 N–H and O–H groups in total. The van der Waals surface area contributed by atoms with Gasteiger partial charge in [-0.2, -0.15) is 0 Å². The first-order valence-electron chi connectivity index (χ1n) is 16.8. The molecule has 5 aromatic carbocycles. The topological polar surface area (TPSA) is 38.9 Å². The predicted molar refractivity (Wildman–Crippen MR) is 207 cm³/mol. The van der Waals surface area contributed by atoms with E-state index in [4.69, 9.17) is 4.42 Å². The summed E-state index contributed by atoms with van der Waals surface area (Å²) in [6.07, 6.45) is 3.87. The van der Waals surface area contributed by atoms with E-state index in [0.29, 0.717) is 0 Å². The summed E-state index contributed by atoms with van der Waals surface area (Å²) >= 11 is 0. The van der Waals surface area contributed by atoms with Crippen LogP contribution in [0.4, 0.5) is 4.39 Å². The summed E-state index contributed by atoms with van der Waals surface area (Å²) in [5.74, 6) is 0.00107. The summed E-state index contributed by atoms with van der Waals surface area (Å²) in [6, 6.07) is 50.0. The zero-order valence-corrected chi connectivity index (χ0v) is 32.3. The first-order valence-corrected chi connectivity index (χ1v) is 20.3. The molecule has 3 aromatic heterocycles. The Hall–Kier alpha value is -5.00. The summed E-state index contributed by atoms with van der Waals surface area (Å²) in [7, 11) is -1.23. The maximum absolute atomic E-state index is 13.3. The fourth-order valence-electron chi connectivity index (χ4n) is 6.09. The summed E-state index contributed by atoms with van der Waals surface area (Å²) < 4.78 is 19.7.